The van der Waals surface area contributed by atoms with Crippen molar-refractivity contribution >= 4 is 39.2 Å². The Morgan fingerprint density at radius 1 is 1.25 bits per heavy atom. The molecule has 146 valence electrons. The number of carbonyl (C=O) groups is 1. The molecule has 4 rings (SSSR count). The van der Waals surface area contributed by atoms with Gasteiger partial charge < -0.3 is 5.32 Å². The molecule has 2 heterocycles. The van der Waals surface area contributed by atoms with Gasteiger partial charge in [-0.15, -0.1) is 11.3 Å². The van der Waals surface area contributed by atoms with E-state index >= 15 is 0 Å². The maximum absolute atomic E-state index is 13.1. The summed E-state index contributed by atoms with van der Waals surface area (Å²) < 4.78 is 2.28. The number of fused-ring (bicyclic) bond motifs is 1. The van der Waals surface area contributed by atoms with Gasteiger partial charge in [-0.25, -0.2) is 4.98 Å². The number of thioether (sulfide) groups is 1. The number of nitrogens with one attached hydrogen (secondary N) is 1. The molecule has 2 aromatic heterocycles. The molecule has 1 aromatic carbocycles. The fraction of sp³-hybridized carbons (Fsp3) is 0.381. The highest BCUT2D eigenvalue weighted by molar-refractivity contribution is 7.99. The Morgan fingerprint density at radius 2 is 2.04 bits per heavy atom. The van der Waals surface area contributed by atoms with Crippen LogP contribution in [0.4, 0.5) is 0 Å². The molecule has 1 amide bonds. The van der Waals surface area contributed by atoms with Crippen LogP contribution in [0, 0.1) is 6.92 Å². The fourth-order valence-electron chi connectivity index (χ4n) is 3.66. The van der Waals surface area contributed by atoms with E-state index in [1.54, 1.807) is 4.57 Å². The number of carbonyl (C=O) groups excluding carboxylic acids is 1. The van der Waals surface area contributed by atoms with Gasteiger partial charge in [-0.1, -0.05) is 49.2 Å². The Morgan fingerprint density at radius 3 is 2.82 bits per heavy atom. The predicted molar refractivity (Wildman–Crippen MR) is 116 cm³/mol. The highest BCUT2D eigenvalue weighted by Crippen LogP contribution is 2.25. The lowest BCUT2D eigenvalue weighted by Crippen LogP contribution is -2.37. The highest BCUT2D eigenvalue weighted by atomic mass is 32.2. The first kappa shape index (κ1) is 19.2. The molecule has 0 unspecified atom stereocenters. The number of rotatable bonds is 5. The maximum atomic E-state index is 13.1. The van der Waals surface area contributed by atoms with Gasteiger partial charge in [0.2, 0.25) is 5.91 Å². The van der Waals surface area contributed by atoms with Gasteiger partial charge >= 0.3 is 0 Å². The summed E-state index contributed by atoms with van der Waals surface area (Å²) in [4.78, 5) is 30.3. The van der Waals surface area contributed by atoms with Crippen LogP contribution in [0.1, 0.15) is 37.7 Å². The zero-order valence-corrected chi connectivity index (χ0v) is 17.4. The second kappa shape index (κ2) is 8.49. The quantitative estimate of drug-likeness (QED) is 0.500. The van der Waals surface area contributed by atoms with Crippen LogP contribution in [-0.4, -0.2) is 27.3 Å². The Balaban J connectivity index is 1.62. The topological polar surface area (TPSA) is 64.0 Å². The summed E-state index contributed by atoms with van der Waals surface area (Å²) in [5.41, 5.74) is 2.42. The van der Waals surface area contributed by atoms with Crippen LogP contribution in [0.25, 0.3) is 15.9 Å². The summed E-state index contributed by atoms with van der Waals surface area (Å²) in [6.07, 6.45) is 5.74. The van der Waals surface area contributed by atoms with Crippen molar-refractivity contribution in [1.29, 1.82) is 0 Å². The van der Waals surface area contributed by atoms with Crippen molar-refractivity contribution in [2.24, 2.45) is 0 Å². The van der Waals surface area contributed by atoms with Gasteiger partial charge in [-0.3, -0.25) is 14.2 Å². The van der Waals surface area contributed by atoms with Gasteiger partial charge in [0.15, 0.2) is 5.16 Å². The number of para-hydroxylation sites is 1. The lowest BCUT2D eigenvalue weighted by molar-refractivity contribution is -0.119. The van der Waals surface area contributed by atoms with E-state index in [2.05, 4.69) is 10.3 Å². The van der Waals surface area contributed by atoms with Crippen molar-refractivity contribution < 1.29 is 4.79 Å². The summed E-state index contributed by atoms with van der Waals surface area (Å²) in [6.45, 7) is 1.98. The average Bonchev–Trinajstić information content (AvgIpc) is 3.17. The number of hydrogen-bond donors (Lipinski definition) is 1. The van der Waals surface area contributed by atoms with Crippen LogP contribution in [0.3, 0.4) is 0 Å². The molecule has 1 aliphatic carbocycles. The van der Waals surface area contributed by atoms with Gasteiger partial charge in [0.1, 0.15) is 4.70 Å². The number of thiophene rings is 1. The Labute approximate surface area is 172 Å². The second-order valence-electron chi connectivity index (χ2n) is 7.15. The Bertz CT molecular complexity index is 1050. The van der Waals surface area contributed by atoms with E-state index in [-0.39, 0.29) is 23.3 Å². The summed E-state index contributed by atoms with van der Waals surface area (Å²) in [5, 5.41) is 5.57. The molecule has 3 aromatic rings. The number of amides is 1. The number of aryl methyl sites for hydroxylation is 1. The normalized spacial score (nSPS) is 15.0. The number of benzene rings is 1. The van der Waals surface area contributed by atoms with Crippen LogP contribution in [0.15, 0.2) is 45.7 Å². The molecule has 0 saturated heterocycles. The molecule has 0 spiro atoms. The predicted octanol–water partition coefficient (Wildman–Crippen LogP) is 4.30. The highest BCUT2D eigenvalue weighted by Gasteiger charge is 2.19. The minimum Gasteiger partial charge on any atom is -0.353 e. The molecular weight excluding hydrogens is 390 g/mol. The third-order valence-corrected chi connectivity index (χ3v) is 6.94. The minimum absolute atomic E-state index is 0.00731. The van der Waals surface area contributed by atoms with Crippen molar-refractivity contribution in [2.75, 3.05) is 5.75 Å². The number of aromatic nitrogens is 2. The largest absolute Gasteiger partial charge is 0.353 e. The molecule has 0 bridgehead atoms. The molecular formula is C21H23N3O2S2. The SMILES string of the molecule is Cc1ccccc1-n1c(SCC(=O)NC2CCCCC2)nc2ccsc2c1=O. The van der Waals surface area contributed by atoms with Crippen LogP contribution in [-0.2, 0) is 4.79 Å². The van der Waals surface area contributed by atoms with Crippen molar-refractivity contribution in [3.05, 3.63) is 51.6 Å². The van der Waals surface area contributed by atoms with Crippen LogP contribution in [0.2, 0.25) is 0 Å². The first-order chi connectivity index (χ1) is 13.6. The van der Waals surface area contributed by atoms with E-state index in [1.807, 2.05) is 42.6 Å². The lowest BCUT2D eigenvalue weighted by atomic mass is 9.95. The minimum atomic E-state index is -0.0792. The van der Waals surface area contributed by atoms with Crippen molar-refractivity contribution in [1.82, 2.24) is 14.9 Å². The van der Waals surface area contributed by atoms with Gasteiger partial charge in [0.05, 0.1) is 17.0 Å². The zero-order valence-electron chi connectivity index (χ0n) is 15.8. The van der Waals surface area contributed by atoms with Gasteiger partial charge in [0.25, 0.3) is 5.56 Å². The standard InChI is InChI=1S/C21H23N3O2S2/c1-14-7-5-6-10-17(14)24-20(26)19-16(11-12-27-19)23-21(24)28-13-18(25)22-15-8-3-2-4-9-15/h5-7,10-12,15H,2-4,8-9,13H2,1H3,(H,22,25). The monoisotopic (exact) mass is 413 g/mol. The summed E-state index contributed by atoms with van der Waals surface area (Å²) >= 11 is 2.72. The third kappa shape index (κ3) is 4.00. The van der Waals surface area contributed by atoms with Gasteiger partial charge in [-0.05, 0) is 42.8 Å². The molecule has 5 nitrogen and oxygen atoms in total. The lowest BCUT2D eigenvalue weighted by Gasteiger charge is -2.22. The zero-order chi connectivity index (χ0) is 19.5. The molecule has 1 saturated carbocycles. The number of hydrogen-bond acceptors (Lipinski definition) is 5. The van der Waals surface area contributed by atoms with Crippen molar-refractivity contribution in [3.63, 3.8) is 0 Å². The van der Waals surface area contributed by atoms with Crippen molar-refractivity contribution in [3.8, 4) is 5.69 Å². The summed E-state index contributed by atoms with van der Waals surface area (Å²) in [5.74, 6) is 0.262. The molecule has 0 aliphatic heterocycles. The van der Waals surface area contributed by atoms with Crippen LogP contribution >= 0.6 is 23.1 Å². The van der Waals surface area contributed by atoms with E-state index in [9.17, 15) is 9.59 Å². The molecule has 7 heteroatoms. The fourth-order valence-corrected chi connectivity index (χ4v) is 5.24. The first-order valence-corrected chi connectivity index (χ1v) is 11.5. The van der Waals surface area contributed by atoms with Gasteiger partial charge in [0, 0.05) is 6.04 Å². The molecule has 1 fully saturated rings. The number of nitrogens with zero attached hydrogens (tertiary/aromatic N) is 2. The average molecular weight is 414 g/mol. The summed E-state index contributed by atoms with van der Waals surface area (Å²) in [7, 11) is 0. The molecule has 1 N–H and O–H groups in total. The van der Waals surface area contributed by atoms with Crippen LogP contribution < -0.4 is 10.9 Å². The Hall–Kier alpha value is -2.12. The first-order valence-electron chi connectivity index (χ1n) is 9.62. The van der Waals surface area contributed by atoms with E-state index < -0.39 is 0 Å². The van der Waals surface area contributed by atoms with E-state index in [1.165, 1.54) is 42.4 Å². The van der Waals surface area contributed by atoms with Crippen LogP contribution in [0.5, 0.6) is 0 Å². The van der Waals surface area contributed by atoms with Gasteiger partial charge in [-0.2, -0.15) is 0 Å². The smallest absolute Gasteiger partial charge is 0.276 e. The molecule has 1 aliphatic rings. The van der Waals surface area contributed by atoms with E-state index in [4.69, 9.17) is 0 Å². The molecule has 0 radical (unpaired) electrons. The molecule has 0 atom stereocenters. The Kier molecular flexibility index (Phi) is 5.82. The third-order valence-electron chi connectivity index (χ3n) is 5.11. The summed E-state index contributed by atoms with van der Waals surface area (Å²) in [6, 6.07) is 9.90. The van der Waals surface area contributed by atoms with E-state index in [0.717, 1.165) is 24.1 Å². The van der Waals surface area contributed by atoms with E-state index in [0.29, 0.717) is 15.4 Å². The molecule has 28 heavy (non-hydrogen) atoms. The second-order valence-corrected chi connectivity index (χ2v) is 9.01. The maximum Gasteiger partial charge on any atom is 0.276 e. The van der Waals surface area contributed by atoms with Crippen molar-refractivity contribution in [2.45, 2.75) is 50.2 Å².